The van der Waals surface area contributed by atoms with Gasteiger partial charge < -0.3 is 5.14 Å². The normalized spacial score (nSPS) is 23.2. The van der Waals surface area contributed by atoms with E-state index in [1.165, 1.54) is 16.0 Å². The largest absolute Gasteiger partial charge is 0.377 e. The molecule has 8 heavy (non-hydrogen) atoms. The lowest BCUT2D eigenvalue weighted by Crippen LogP contribution is -2.52. The number of rotatable bonds is 0. The van der Waals surface area contributed by atoms with Crippen LogP contribution in [0.25, 0.3) is 0 Å². The van der Waals surface area contributed by atoms with Crippen LogP contribution in [-0.4, -0.2) is 31.1 Å². The minimum absolute atomic E-state index is 1.28. The first-order valence-corrected chi connectivity index (χ1v) is 2.62. The average Bonchev–Trinajstić information content (AvgIpc) is 1.64. The molecular weight excluding hydrogens is 145 g/mol. The second-order valence-electron chi connectivity index (χ2n) is 1.23. The van der Waals surface area contributed by atoms with Gasteiger partial charge in [0.05, 0.1) is 0 Å². The molecule has 8 heteroatoms. The van der Waals surface area contributed by atoms with E-state index in [9.17, 15) is 0 Å². The van der Waals surface area contributed by atoms with Crippen molar-refractivity contribution in [3.63, 3.8) is 0 Å². The second-order valence-corrected chi connectivity index (χ2v) is 2.01. The summed E-state index contributed by atoms with van der Waals surface area (Å²) in [6.45, 7) is 0. The molecule has 1 fully saturated rings. The Balaban J connectivity index is 2.23. The minimum atomic E-state index is 1.28. The Morgan fingerprint density at radius 2 is 1.62 bits per heavy atom. The highest BCUT2D eigenvalue weighted by molar-refractivity contribution is 6.75. The molecule has 0 amide bonds. The molecule has 0 aromatic rings. The third-order valence-electron chi connectivity index (χ3n) is 0.616. The molecule has 0 aliphatic carbocycles. The van der Waals surface area contributed by atoms with Crippen LogP contribution < -0.4 is 5.14 Å². The van der Waals surface area contributed by atoms with Gasteiger partial charge in [-0.2, -0.15) is 0 Å². The van der Waals surface area contributed by atoms with Gasteiger partial charge in [0, 0.05) is 0 Å². The van der Waals surface area contributed by atoms with E-state index in [0.717, 1.165) is 0 Å². The predicted molar refractivity (Wildman–Crippen MR) is 35.8 cm³/mol. The highest BCUT2D eigenvalue weighted by atomic mass is 35.5. The van der Waals surface area contributed by atoms with Gasteiger partial charge in [-0.1, -0.05) is 0 Å². The van der Waals surface area contributed by atoms with Crippen LogP contribution in [0.3, 0.4) is 0 Å². The smallest absolute Gasteiger partial charge is 0.321 e. The van der Waals surface area contributed by atoms with Gasteiger partial charge in [-0.3, -0.25) is 8.48 Å². The van der Waals surface area contributed by atoms with E-state index in [-0.39, 0.29) is 0 Å². The molecule has 3 radical (unpaired) electrons. The average molecular weight is 146 g/mol. The Bertz CT molecular complexity index is 70.9. The lowest BCUT2D eigenvalue weighted by Gasteiger charge is -2.22. The molecule has 1 saturated heterocycles. The number of hydrogen-bond acceptors (Lipinski definition) is 3. The highest BCUT2D eigenvalue weighted by Gasteiger charge is 2.18. The summed E-state index contributed by atoms with van der Waals surface area (Å²) in [4.78, 5) is 0. The van der Waals surface area contributed by atoms with Crippen LogP contribution in [0.1, 0.15) is 0 Å². The predicted octanol–water partition coefficient (Wildman–Crippen LogP) is -0.896. The Labute approximate surface area is 60.4 Å². The summed E-state index contributed by atoms with van der Waals surface area (Å²) in [5.41, 5.74) is 0. The lowest BCUT2D eigenvalue weighted by atomic mass is 9.85. The zero-order valence-electron chi connectivity index (χ0n) is 3.88. The van der Waals surface area contributed by atoms with Gasteiger partial charge in [-0.25, -0.2) is 0 Å². The van der Waals surface area contributed by atoms with Crippen LogP contribution >= 0.6 is 23.6 Å². The van der Waals surface area contributed by atoms with Gasteiger partial charge >= 0.3 is 22.6 Å². The van der Waals surface area contributed by atoms with Crippen molar-refractivity contribution in [1.82, 2.24) is 13.6 Å². The fourth-order valence-corrected chi connectivity index (χ4v) is 0.693. The van der Waals surface area contributed by atoms with Crippen LogP contribution in [0.2, 0.25) is 0 Å². The fraction of sp³-hybridized carbons (Fsp3) is 0. The molecule has 1 N–H and O–H groups in total. The van der Waals surface area contributed by atoms with Crippen molar-refractivity contribution in [1.29, 1.82) is 0 Å². The molecular formula is HB3Cl2N3. The third-order valence-corrected chi connectivity index (χ3v) is 0.986. The van der Waals surface area contributed by atoms with Gasteiger partial charge in [-0.15, -0.1) is 0 Å². The highest BCUT2D eigenvalue weighted by Crippen LogP contribution is 1.96. The lowest BCUT2D eigenvalue weighted by molar-refractivity contribution is 0.916. The molecule has 0 spiro atoms. The van der Waals surface area contributed by atoms with Gasteiger partial charge in [0.25, 0.3) is 0 Å². The van der Waals surface area contributed by atoms with E-state index in [0.29, 0.717) is 0 Å². The molecule has 1 aliphatic heterocycles. The molecule has 3 nitrogen and oxygen atoms in total. The van der Waals surface area contributed by atoms with E-state index in [4.69, 9.17) is 23.6 Å². The molecule has 39 valence electrons. The van der Waals surface area contributed by atoms with Crippen molar-refractivity contribution in [3.8, 4) is 0 Å². The van der Waals surface area contributed by atoms with E-state index >= 15 is 0 Å². The second kappa shape index (κ2) is 2.99. The maximum absolute atomic E-state index is 5.43. The molecule has 0 unspecified atom stereocenters. The van der Waals surface area contributed by atoms with Crippen molar-refractivity contribution >= 4 is 46.2 Å². The Hall–Kier alpha value is 0.655. The third kappa shape index (κ3) is 1.87. The molecule has 1 rings (SSSR count). The van der Waals surface area contributed by atoms with E-state index < -0.39 is 0 Å². The summed E-state index contributed by atoms with van der Waals surface area (Å²) in [6.07, 6.45) is 0. The zero-order chi connectivity index (χ0) is 5.98. The van der Waals surface area contributed by atoms with E-state index in [2.05, 4.69) is 5.14 Å². The minimum Gasteiger partial charge on any atom is -0.377 e. The summed E-state index contributed by atoms with van der Waals surface area (Å²) in [7, 11) is 4.61. The fourth-order valence-electron chi connectivity index (χ4n) is 0.348. The monoisotopic (exact) mass is 146 g/mol. The van der Waals surface area contributed by atoms with Crippen molar-refractivity contribution in [2.45, 2.75) is 0 Å². The summed E-state index contributed by atoms with van der Waals surface area (Å²) in [5.74, 6) is 0. The van der Waals surface area contributed by atoms with Gasteiger partial charge in [-0.05, 0) is 23.6 Å². The van der Waals surface area contributed by atoms with Gasteiger partial charge in [0.15, 0.2) is 0 Å². The number of hydrogen-bond donors (Lipinski definition) is 1. The SMILES string of the molecule is ClN1[B]N[B]N(Cl)[B]1. The molecule has 0 atom stereocenters. The summed E-state index contributed by atoms with van der Waals surface area (Å²) >= 11 is 10.9. The topological polar surface area (TPSA) is 18.5 Å². The number of halogens is 2. The van der Waals surface area contributed by atoms with E-state index in [1.54, 1.807) is 15.1 Å². The first-order chi connectivity index (χ1) is 3.79. The van der Waals surface area contributed by atoms with Crippen LogP contribution in [0.15, 0.2) is 0 Å². The summed E-state index contributed by atoms with van der Waals surface area (Å²) < 4.78 is 2.57. The van der Waals surface area contributed by atoms with Crippen molar-refractivity contribution in [2.75, 3.05) is 0 Å². The molecule has 1 heterocycles. The van der Waals surface area contributed by atoms with Crippen LogP contribution in [0.4, 0.5) is 0 Å². The Morgan fingerprint density at radius 3 is 1.88 bits per heavy atom. The first-order valence-electron chi connectivity index (χ1n) is 1.95. The van der Waals surface area contributed by atoms with Crippen LogP contribution in [0, 0.1) is 0 Å². The van der Waals surface area contributed by atoms with E-state index in [1.807, 2.05) is 0 Å². The Morgan fingerprint density at radius 1 is 1.12 bits per heavy atom. The molecule has 0 aromatic heterocycles. The maximum Gasteiger partial charge on any atom is 0.321 e. The molecule has 0 aromatic carbocycles. The van der Waals surface area contributed by atoms with Crippen molar-refractivity contribution in [3.05, 3.63) is 0 Å². The van der Waals surface area contributed by atoms with Crippen molar-refractivity contribution in [2.24, 2.45) is 0 Å². The first kappa shape index (κ1) is 6.77. The standard InChI is InChI=1S/B3Cl2HN3/c4-7-1-6-2-8(5)3-7/h6H. The quantitative estimate of drug-likeness (QED) is 0.353. The Kier molecular flexibility index (Phi) is 2.53. The molecule has 0 bridgehead atoms. The zero-order valence-corrected chi connectivity index (χ0v) is 5.39. The maximum atomic E-state index is 5.43. The van der Waals surface area contributed by atoms with Crippen LogP contribution in [0.5, 0.6) is 0 Å². The van der Waals surface area contributed by atoms with Crippen LogP contribution in [-0.2, 0) is 0 Å². The molecule has 1 aliphatic rings. The van der Waals surface area contributed by atoms with Gasteiger partial charge in [0.2, 0.25) is 0 Å². The summed E-state index contributed by atoms with van der Waals surface area (Å²) in [6, 6.07) is 0. The summed E-state index contributed by atoms with van der Waals surface area (Å²) in [5, 5.41) is 2.69. The number of nitrogens with zero attached hydrogens (tertiary/aromatic N) is 2. The number of nitrogens with one attached hydrogen (secondary N) is 1. The van der Waals surface area contributed by atoms with Gasteiger partial charge in [0.1, 0.15) is 0 Å². The molecule has 0 saturated carbocycles. The van der Waals surface area contributed by atoms with Crippen molar-refractivity contribution < 1.29 is 0 Å².